The summed E-state index contributed by atoms with van der Waals surface area (Å²) < 4.78 is 27.0. The Morgan fingerprint density at radius 1 is 1.04 bits per heavy atom. The zero-order chi connectivity index (χ0) is 18.7. The first-order chi connectivity index (χ1) is 12.4. The van der Waals surface area contributed by atoms with Gasteiger partial charge in [-0.3, -0.25) is 10.1 Å². The van der Waals surface area contributed by atoms with E-state index in [0.717, 1.165) is 4.90 Å². The van der Waals surface area contributed by atoms with Crippen LogP contribution in [0.4, 0.5) is 5.69 Å². The molecule has 1 saturated heterocycles. The van der Waals surface area contributed by atoms with E-state index in [9.17, 15) is 18.5 Å². The normalized spacial score (nSPS) is 16.5. The number of piperazine rings is 1. The van der Waals surface area contributed by atoms with E-state index >= 15 is 0 Å². The first kappa shape index (κ1) is 18.8. The molecule has 0 radical (unpaired) electrons. The number of hydrogen-bond acceptors (Lipinski definition) is 6. The number of rotatable bonds is 5. The van der Waals surface area contributed by atoms with E-state index in [1.54, 1.807) is 0 Å². The van der Waals surface area contributed by atoms with E-state index in [2.05, 4.69) is 0 Å². The summed E-state index contributed by atoms with van der Waals surface area (Å²) in [6.45, 7) is 2.05. The molecule has 1 aliphatic rings. The minimum Gasteiger partial charge on any atom is -0.304 e. The fraction of sp³-hybridized carbons (Fsp3) is 0.294. The molecule has 0 atom stereocenters. The molecule has 0 saturated carbocycles. The van der Waals surface area contributed by atoms with Crippen LogP contribution in [-0.2, 0) is 10.0 Å². The summed E-state index contributed by atoms with van der Waals surface area (Å²) in [7, 11) is -1.80. The number of benzene rings is 2. The van der Waals surface area contributed by atoms with Gasteiger partial charge in [0.25, 0.3) is 5.69 Å². The minimum absolute atomic E-state index is 0.0360. The Bertz CT molecular complexity index is 895. The lowest BCUT2D eigenvalue weighted by Crippen LogP contribution is -2.47. The van der Waals surface area contributed by atoms with Crippen LogP contribution in [-0.4, -0.2) is 55.8 Å². The van der Waals surface area contributed by atoms with Gasteiger partial charge >= 0.3 is 0 Å². The van der Waals surface area contributed by atoms with Crippen LogP contribution < -0.4 is 0 Å². The van der Waals surface area contributed by atoms with E-state index < -0.39 is 14.9 Å². The van der Waals surface area contributed by atoms with Crippen LogP contribution in [0.2, 0.25) is 0 Å². The van der Waals surface area contributed by atoms with Crippen molar-refractivity contribution in [2.24, 2.45) is 0 Å². The average molecular weight is 393 g/mol. The van der Waals surface area contributed by atoms with Gasteiger partial charge in [0.1, 0.15) is 0 Å². The largest absolute Gasteiger partial charge is 0.304 e. The summed E-state index contributed by atoms with van der Waals surface area (Å²) in [5.41, 5.74) is -0.200. The Balaban J connectivity index is 1.92. The van der Waals surface area contributed by atoms with Crippen molar-refractivity contribution in [3.05, 3.63) is 58.6 Å². The number of nitro benzene ring substituents is 1. The quantitative estimate of drug-likeness (QED) is 0.574. The summed E-state index contributed by atoms with van der Waals surface area (Å²) in [5, 5.41) is 11.5. The van der Waals surface area contributed by atoms with Gasteiger partial charge < -0.3 is 4.90 Å². The van der Waals surface area contributed by atoms with Gasteiger partial charge in [0.2, 0.25) is 10.0 Å². The highest BCUT2D eigenvalue weighted by Gasteiger charge is 2.29. The van der Waals surface area contributed by atoms with Crippen LogP contribution in [0.3, 0.4) is 0 Å². The molecule has 26 heavy (non-hydrogen) atoms. The van der Waals surface area contributed by atoms with Gasteiger partial charge in [-0.2, -0.15) is 4.31 Å². The van der Waals surface area contributed by atoms with Crippen LogP contribution in [0.5, 0.6) is 0 Å². The molecule has 2 aromatic carbocycles. The van der Waals surface area contributed by atoms with E-state index in [1.807, 2.05) is 42.3 Å². The third kappa shape index (κ3) is 4.07. The Morgan fingerprint density at radius 3 is 2.31 bits per heavy atom. The van der Waals surface area contributed by atoms with Crippen LogP contribution >= 0.6 is 11.8 Å². The predicted octanol–water partition coefficient (Wildman–Crippen LogP) is 2.68. The Kier molecular flexibility index (Phi) is 5.61. The smallest absolute Gasteiger partial charge is 0.284 e. The number of hydrogen-bond donors (Lipinski definition) is 0. The van der Waals surface area contributed by atoms with Crippen molar-refractivity contribution in [1.82, 2.24) is 9.21 Å². The third-order valence-corrected chi connectivity index (χ3v) is 7.17. The molecular formula is C17H19N3O4S2. The second-order valence-corrected chi connectivity index (χ2v) is 9.06. The average Bonchev–Trinajstić information content (AvgIpc) is 2.63. The molecule has 3 rings (SSSR count). The lowest BCUT2D eigenvalue weighted by molar-refractivity contribution is -0.388. The number of nitro groups is 1. The first-order valence-electron chi connectivity index (χ1n) is 8.08. The minimum atomic E-state index is -3.74. The molecule has 1 aliphatic heterocycles. The van der Waals surface area contributed by atoms with E-state index in [4.69, 9.17) is 0 Å². The summed E-state index contributed by atoms with van der Waals surface area (Å²) in [6.07, 6.45) is 0. The number of nitrogens with zero attached hydrogens (tertiary/aromatic N) is 3. The Morgan fingerprint density at radius 2 is 1.69 bits per heavy atom. The lowest BCUT2D eigenvalue weighted by atomic mass is 10.3. The summed E-state index contributed by atoms with van der Waals surface area (Å²) in [6, 6.07) is 13.4. The van der Waals surface area contributed by atoms with Crippen molar-refractivity contribution < 1.29 is 13.3 Å². The number of sulfonamides is 1. The van der Waals surface area contributed by atoms with Crippen molar-refractivity contribution in [3.63, 3.8) is 0 Å². The summed E-state index contributed by atoms with van der Waals surface area (Å²) >= 11 is 1.24. The number of likely N-dealkylation sites (N-methyl/N-ethyl adjacent to an activating group) is 1. The van der Waals surface area contributed by atoms with Gasteiger partial charge in [0, 0.05) is 37.1 Å². The van der Waals surface area contributed by atoms with Crippen molar-refractivity contribution in [2.75, 3.05) is 33.2 Å². The van der Waals surface area contributed by atoms with Gasteiger partial charge in [-0.25, -0.2) is 8.42 Å². The maximum atomic E-state index is 12.8. The fourth-order valence-electron chi connectivity index (χ4n) is 2.68. The molecule has 138 valence electrons. The fourth-order valence-corrected chi connectivity index (χ4v) is 5.04. The molecule has 0 aliphatic carbocycles. The van der Waals surface area contributed by atoms with Gasteiger partial charge in [-0.1, -0.05) is 30.0 Å². The van der Waals surface area contributed by atoms with E-state index in [1.165, 1.54) is 34.3 Å². The van der Waals surface area contributed by atoms with Crippen molar-refractivity contribution in [1.29, 1.82) is 0 Å². The predicted molar refractivity (Wildman–Crippen MR) is 99.9 cm³/mol. The maximum absolute atomic E-state index is 12.8. The summed E-state index contributed by atoms with van der Waals surface area (Å²) in [5.74, 6) is 0. The molecule has 0 aromatic heterocycles. The second kappa shape index (κ2) is 7.75. The first-order valence-corrected chi connectivity index (χ1v) is 10.3. The molecule has 0 spiro atoms. The molecule has 9 heteroatoms. The highest BCUT2D eigenvalue weighted by Crippen LogP contribution is 2.36. The lowest BCUT2D eigenvalue weighted by Gasteiger charge is -2.31. The standard InChI is InChI=1S/C17H19N3O4S2/c1-18-9-11-19(12-10-18)26(23,24)15-7-8-17(16(13-15)20(21)22)25-14-5-3-2-4-6-14/h2-8,13H,9-12H2,1H3. The van der Waals surface area contributed by atoms with E-state index in [0.29, 0.717) is 31.1 Å². The zero-order valence-corrected chi connectivity index (χ0v) is 15.9. The van der Waals surface area contributed by atoms with E-state index in [-0.39, 0.29) is 10.6 Å². The van der Waals surface area contributed by atoms with Crippen molar-refractivity contribution in [3.8, 4) is 0 Å². The second-order valence-electron chi connectivity index (χ2n) is 6.01. The van der Waals surface area contributed by atoms with Gasteiger partial charge in [-0.15, -0.1) is 0 Å². The van der Waals surface area contributed by atoms with Gasteiger partial charge in [0.05, 0.1) is 14.7 Å². The monoisotopic (exact) mass is 393 g/mol. The zero-order valence-electron chi connectivity index (χ0n) is 14.2. The summed E-state index contributed by atoms with van der Waals surface area (Å²) in [4.78, 5) is 14.2. The molecule has 2 aromatic rings. The molecule has 7 nitrogen and oxygen atoms in total. The molecule has 0 amide bonds. The van der Waals surface area contributed by atoms with Crippen LogP contribution in [0, 0.1) is 10.1 Å². The Labute approximate surface area is 156 Å². The van der Waals surface area contributed by atoms with Gasteiger partial charge in [0.15, 0.2) is 0 Å². The molecule has 0 bridgehead atoms. The van der Waals surface area contributed by atoms with Crippen molar-refractivity contribution >= 4 is 27.5 Å². The molecule has 0 N–H and O–H groups in total. The van der Waals surface area contributed by atoms with Gasteiger partial charge in [-0.05, 0) is 31.3 Å². The highest BCUT2D eigenvalue weighted by atomic mass is 32.2. The highest BCUT2D eigenvalue weighted by molar-refractivity contribution is 7.99. The maximum Gasteiger partial charge on any atom is 0.284 e. The topological polar surface area (TPSA) is 83.8 Å². The third-order valence-electron chi connectivity index (χ3n) is 4.20. The van der Waals surface area contributed by atoms with Crippen LogP contribution in [0.1, 0.15) is 0 Å². The van der Waals surface area contributed by atoms with Crippen LogP contribution in [0.15, 0.2) is 63.2 Å². The molecule has 1 fully saturated rings. The molecule has 0 unspecified atom stereocenters. The SMILES string of the molecule is CN1CCN(S(=O)(=O)c2ccc(Sc3ccccc3)c([N+](=O)[O-])c2)CC1. The Hall–Kier alpha value is -1.94. The molecular weight excluding hydrogens is 374 g/mol. The molecule has 1 heterocycles. The van der Waals surface area contributed by atoms with Crippen molar-refractivity contribution in [2.45, 2.75) is 14.7 Å². The van der Waals surface area contributed by atoms with Crippen LogP contribution in [0.25, 0.3) is 0 Å².